The summed E-state index contributed by atoms with van der Waals surface area (Å²) in [7, 11) is -3.24. The molecule has 1 aliphatic carbocycles. The zero-order valence-electron chi connectivity index (χ0n) is 17.0. The maximum atomic E-state index is 13.8. The number of nitrogens with zero attached hydrogens (tertiary/aromatic N) is 2. The van der Waals surface area contributed by atoms with Gasteiger partial charge in [-0.1, -0.05) is 0 Å². The summed E-state index contributed by atoms with van der Waals surface area (Å²) in [6.45, 7) is 6.42. The first kappa shape index (κ1) is 20.3. The van der Waals surface area contributed by atoms with Gasteiger partial charge in [0.05, 0.1) is 17.2 Å². The standard InChI is InChI=1S/C22H27FN2O3S/c1-22(2,23)14-25-11-18-19(12-25)20(18)13-28-16-6-4-15(5-7-16)21-9-8-17(10-24-21)29(3,26)27/h4-10,18-20H,11-14H2,1-3H3. The molecule has 156 valence electrons. The molecule has 7 heteroatoms. The first-order chi connectivity index (χ1) is 13.6. The normalized spacial score (nSPS) is 24.3. The molecule has 2 atom stereocenters. The minimum Gasteiger partial charge on any atom is -0.493 e. The number of alkyl halides is 1. The summed E-state index contributed by atoms with van der Waals surface area (Å²) in [5, 5.41) is 0. The number of benzene rings is 1. The smallest absolute Gasteiger partial charge is 0.177 e. The van der Waals surface area contributed by atoms with Crippen LogP contribution in [0, 0.1) is 17.8 Å². The highest BCUT2D eigenvalue weighted by atomic mass is 32.2. The summed E-state index contributed by atoms with van der Waals surface area (Å²) < 4.78 is 42.8. The van der Waals surface area contributed by atoms with Crippen molar-refractivity contribution in [3.63, 3.8) is 0 Å². The molecule has 1 saturated carbocycles. The molecule has 5 nitrogen and oxygen atoms in total. The van der Waals surface area contributed by atoms with E-state index in [2.05, 4.69) is 9.88 Å². The van der Waals surface area contributed by atoms with Crippen LogP contribution in [0.5, 0.6) is 5.75 Å². The lowest BCUT2D eigenvalue weighted by Gasteiger charge is -2.25. The predicted octanol–water partition coefficient (Wildman–Crippen LogP) is 3.46. The number of hydrogen-bond acceptors (Lipinski definition) is 5. The Morgan fingerprint density at radius 3 is 2.31 bits per heavy atom. The van der Waals surface area contributed by atoms with Gasteiger partial charge in [0.15, 0.2) is 9.84 Å². The van der Waals surface area contributed by atoms with Gasteiger partial charge in [-0.3, -0.25) is 9.88 Å². The monoisotopic (exact) mass is 418 g/mol. The highest BCUT2D eigenvalue weighted by molar-refractivity contribution is 7.90. The fourth-order valence-electron chi connectivity index (χ4n) is 4.33. The molecule has 0 bridgehead atoms. The maximum absolute atomic E-state index is 13.8. The largest absolute Gasteiger partial charge is 0.493 e. The molecule has 0 N–H and O–H groups in total. The second kappa shape index (κ2) is 7.36. The molecule has 4 rings (SSSR count). The summed E-state index contributed by atoms with van der Waals surface area (Å²) in [4.78, 5) is 6.69. The van der Waals surface area contributed by atoms with Gasteiger partial charge < -0.3 is 4.74 Å². The van der Waals surface area contributed by atoms with Gasteiger partial charge in [0.25, 0.3) is 0 Å². The second-order valence-corrected chi connectivity index (χ2v) is 10.9. The van der Waals surface area contributed by atoms with E-state index in [9.17, 15) is 12.8 Å². The molecule has 1 aliphatic heterocycles. The van der Waals surface area contributed by atoms with E-state index in [0.29, 0.717) is 30.9 Å². The lowest BCUT2D eigenvalue weighted by molar-refractivity contribution is 0.126. The number of hydrogen-bond donors (Lipinski definition) is 0. The molecule has 0 spiro atoms. The molecular weight excluding hydrogens is 391 g/mol. The van der Waals surface area contributed by atoms with E-state index in [0.717, 1.165) is 30.1 Å². The average molecular weight is 419 g/mol. The molecule has 2 aromatic rings. The average Bonchev–Trinajstić information content (AvgIpc) is 3.10. The van der Waals surface area contributed by atoms with E-state index in [1.807, 2.05) is 24.3 Å². The Hall–Kier alpha value is -1.99. The van der Waals surface area contributed by atoms with Crippen LogP contribution in [0.1, 0.15) is 13.8 Å². The lowest BCUT2D eigenvalue weighted by Crippen LogP contribution is -2.36. The van der Waals surface area contributed by atoms with Crippen LogP contribution in [-0.2, 0) is 9.84 Å². The van der Waals surface area contributed by atoms with Gasteiger partial charge in [0.2, 0.25) is 0 Å². The van der Waals surface area contributed by atoms with Crippen molar-refractivity contribution in [2.24, 2.45) is 17.8 Å². The Morgan fingerprint density at radius 1 is 1.14 bits per heavy atom. The van der Waals surface area contributed by atoms with Crippen molar-refractivity contribution in [3.05, 3.63) is 42.6 Å². The van der Waals surface area contributed by atoms with Gasteiger partial charge in [0.1, 0.15) is 11.4 Å². The number of piperidine rings is 1. The Labute approximate surface area is 171 Å². The molecule has 29 heavy (non-hydrogen) atoms. The van der Waals surface area contributed by atoms with Gasteiger partial charge in [0, 0.05) is 43.6 Å². The van der Waals surface area contributed by atoms with Crippen molar-refractivity contribution < 1.29 is 17.5 Å². The molecule has 2 aliphatic rings. The summed E-state index contributed by atoms with van der Waals surface area (Å²) >= 11 is 0. The van der Waals surface area contributed by atoms with Gasteiger partial charge in [-0.25, -0.2) is 12.8 Å². The van der Waals surface area contributed by atoms with Crippen LogP contribution in [-0.4, -0.2) is 56.5 Å². The van der Waals surface area contributed by atoms with Crippen molar-refractivity contribution in [2.75, 3.05) is 32.5 Å². The number of halogens is 1. The molecular formula is C22H27FN2O3S. The Morgan fingerprint density at radius 2 is 1.79 bits per heavy atom. The van der Waals surface area contributed by atoms with Gasteiger partial charge >= 0.3 is 0 Å². The molecule has 0 amide bonds. The highest BCUT2D eigenvalue weighted by Gasteiger charge is 2.56. The number of ether oxygens (including phenoxy) is 1. The van der Waals surface area contributed by atoms with Crippen LogP contribution >= 0.6 is 0 Å². The number of aromatic nitrogens is 1. The van der Waals surface area contributed by atoms with E-state index >= 15 is 0 Å². The summed E-state index contributed by atoms with van der Waals surface area (Å²) in [6.07, 6.45) is 2.55. The van der Waals surface area contributed by atoms with Crippen LogP contribution in [0.4, 0.5) is 4.39 Å². The third kappa shape index (κ3) is 4.78. The van der Waals surface area contributed by atoms with Gasteiger partial charge in [-0.05, 0) is 62.1 Å². The van der Waals surface area contributed by atoms with Crippen LogP contribution in [0.25, 0.3) is 11.3 Å². The second-order valence-electron chi connectivity index (χ2n) is 8.89. The van der Waals surface area contributed by atoms with E-state index in [-0.39, 0.29) is 4.90 Å². The predicted molar refractivity (Wildman–Crippen MR) is 110 cm³/mol. The van der Waals surface area contributed by atoms with Crippen LogP contribution < -0.4 is 4.74 Å². The topological polar surface area (TPSA) is 59.5 Å². The molecule has 2 unspecified atom stereocenters. The summed E-state index contributed by atoms with van der Waals surface area (Å²) in [5.74, 6) is 2.65. The van der Waals surface area contributed by atoms with Crippen molar-refractivity contribution in [3.8, 4) is 17.0 Å². The molecule has 1 aromatic carbocycles. The minimum atomic E-state index is -3.24. The minimum absolute atomic E-state index is 0.213. The fourth-order valence-corrected chi connectivity index (χ4v) is 4.89. The number of rotatable bonds is 7. The maximum Gasteiger partial charge on any atom is 0.177 e. The van der Waals surface area contributed by atoms with Crippen LogP contribution in [0.2, 0.25) is 0 Å². The Balaban J connectivity index is 1.28. The number of sulfone groups is 1. The molecule has 1 saturated heterocycles. The summed E-state index contributed by atoms with van der Waals surface area (Å²) in [5.41, 5.74) is 0.492. The molecule has 2 heterocycles. The van der Waals surface area contributed by atoms with Crippen molar-refractivity contribution in [1.82, 2.24) is 9.88 Å². The van der Waals surface area contributed by atoms with E-state index in [4.69, 9.17) is 4.74 Å². The SMILES string of the molecule is CC(C)(F)CN1CC2C(COc3ccc(-c4ccc(S(C)(=O)=O)cn4)cc3)C2C1. The van der Waals surface area contributed by atoms with Crippen molar-refractivity contribution >= 4 is 9.84 Å². The zero-order valence-corrected chi connectivity index (χ0v) is 17.8. The Kier molecular flexibility index (Phi) is 5.15. The third-order valence-corrected chi connectivity index (χ3v) is 6.90. The first-order valence-corrected chi connectivity index (χ1v) is 11.8. The molecule has 2 fully saturated rings. The van der Waals surface area contributed by atoms with Crippen molar-refractivity contribution in [1.29, 1.82) is 0 Å². The van der Waals surface area contributed by atoms with Gasteiger partial charge in [-0.15, -0.1) is 0 Å². The fraction of sp³-hybridized carbons (Fsp3) is 0.500. The highest BCUT2D eigenvalue weighted by Crippen LogP contribution is 2.52. The van der Waals surface area contributed by atoms with Gasteiger partial charge in [-0.2, -0.15) is 0 Å². The number of likely N-dealkylation sites (tertiary alicyclic amines) is 1. The number of fused-ring (bicyclic) bond motifs is 1. The lowest BCUT2D eigenvalue weighted by atomic mass is 10.1. The summed E-state index contributed by atoms with van der Waals surface area (Å²) in [6, 6.07) is 11.0. The zero-order chi connectivity index (χ0) is 20.8. The quantitative estimate of drug-likeness (QED) is 0.689. The van der Waals surface area contributed by atoms with Crippen LogP contribution in [0.15, 0.2) is 47.5 Å². The first-order valence-electron chi connectivity index (χ1n) is 9.91. The van der Waals surface area contributed by atoms with E-state index in [1.54, 1.807) is 26.0 Å². The Bertz CT molecular complexity index is 957. The van der Waals surface area contributed by atoms with E-state index < -0.39 is 15.5 Å². The van der Waals surface area contributed by atoms with E-state index in [1.165, 1.54) is 12.5 Å². The van der Waals surface area contributed by atoms with Crippen LogP contribution in [0.3, 0.4) is 0 Å². The van der Waals surface area contributed by atoms with Crippen molar-refractivity contribution in [2.45, 2.75) is 24.4 Å². The molecule has 0 radical (unpaired) electrons. The third-order valence-electron chi connectivity index (χ3n) is 5.80. The molecule has 1 aromatic heterocycles. The number of pyridine rings is 1.